The normalized spacial score (nSPS) is 15.6. The zero-order chi connectivity index (χ0) is 33.6. The molecule has 0 saturated heterocycles. The molecule has 2 aliphatic rings. The van der Waals surface area contributed by atoms with Gasteiger partial charge in [0.25, 0.3) is 0 Å². The van der Waals surface area contributed by atoms with E-state index in [1.807, 2.05) is 123 Å². The molecular weight excluding hydrogens is 604 g/mol. The van der Waals surface area contributed by atoms with Crippen LogP contribution in [0.1, 0.15) is 73.9 Å². The van der Waals surface area contributed by atoms with Crippen molar-refractivity contribution in [3.63, 3.8) is 0 Å². The predicted octanol–water partition coefficient (Wildman–Crippen LogP) is 4.74. The zero-order valence-electron chi connectivity index (χ0n) is 27.2. The summed E-state index contributed by atoms with van der Waals surface area (Å²) in [6.45, 7) is 7.86. The van der Waals surface area contributed by atoms with Crippen molar-refractivity contribution in [3.05, 3.63) is 156 Å². The predicted molar refractivity (Wildman–Crippen MR) is 183 cm³/mol. The highest BCUT2D eigenvalue weighted by molar-refractivity contribution is 5.89. The van der Waals surface area contributed by atoms with Crippen molar-refractivity contribution in [1.29, 1.82) is 0 Å². The number of aromatic nitrogens is 4. The monoisotopic (exact) mass is 642 g/mol. The molecule has 48 heavy (non-hydrogen) atoms. The topological polar surface area (TPSA) is 146 Å². The lowest BCUT2D eigenvalue weighted by molar-refractivity contribution is -0.119. The molecule has 2 aromatic heterocycles. The minimum absolute atomic E-state index is 0.184. The van der Waals surface area contributed by atoms with E-state index >= 15 is 0 Å². The summed E-state index contributed by atoms with van der Waals surface area (Å²) in [4.78, 5) is 40.7. The third-order valence-corrected chi connectivity index (χ3v) is 8.08. The third kappa shape index (κ3) is 7.33. The zero-order valence-corrected chi connectivity index (χ0v) is 27.2. The fourth-order valence-electron chi connectivity index (χ4n) is 5.30. The molecule has 2 aromatic carbocycles. The van der Waals surface area contributed by atoms with Crippen LogP contribution in [0.5, 0.6) is 0 Å². The summed E-state index contributed by atoms with van der Waals surface area (Å²) in [7, 11) is 0. The number of benzene rings is 2. The Labute approximate surface area is 279 Å². The molecule has 244 valence electrons. The van der Waals surface area contributed by atoms with Crippen molar-refractivity contribution < 1.29 is 9.59 Å². The molecule has 0 fully saturated rings. The lowest BCUT2D eigenvalue weighted by atomic mass is 10.0. The van der Waals surface area contributed by atoms with Crippen LogP contribution in [0.15, 0.2) is 109 Å². The minimum Gasteiger partial charge on any atom is -0.346 e. The second kappa shape index (κ2) is 14.2. The first-order chi connectivity index (χ1) is 23.2. The van der Waals surface area contributed by atoms with Gasteiger partial charge in [0.2, 0.25) is 11.8 Å². The molecular formula is C36H38N10O2. The van der Waals surface area contributed by atoms with Crippen LogP contribution in [-0.2, 0) is 9.59 Å². The average molecular weight is 643 g/mol. The number of nitrogens with zero attached hydrogens (tertiary/aromatic N) is 4. The van der Waals surface area contributed by atoms with E-state index in [0.29, 0.717) is 11.6 Å². The molecule has 6 rings (SSSR count). The Morgan fingerprint density at radius 1 is 0.750 bits per heavy atom. The van der Waals surface area contributed by atoms with E-state index in [1.54, 1.807) is 25.2 Å². The van der Waals surface area contributed by atoms with Gasteiger partial charge in [-0.1, -0.05) is 60.7 Å². The lowest BCUT2D eigenvalue weighted by Crippen LogP contribution is -2.52. The molecule has 0 aliphatic carbocycles. The van der Waals surface area contributed by atoms with E-state index < -0.39 is 0 Å². The maximum Gasteiger partial charge on any atom is 0.229 e. The van der Waals surface area contributed by atoms with Crippen LogP contribution in [-0.4, -0.2) is 42.0 Å². The lowest BCUT2D eigenvalue weighted by Gasteiger charge is -2.39. The van der Waals surface area contributed by atoms with Crippen molar-refractivity contribution in [3.8, 4) is 0 Å². The Morgan fingerprint density at radius 2 is 1.29 bits per heavy atom. The number of amides is 2. The van der Waals surface area contributed by atoms with Crippen molar-refractivity contribution >= 4 is 23.0 Å². The molecule has 12 nitrogen and oxygen atoms in total. The van der Waals surface area contributed by atoms with Crippen LogP contribution >= 0.6 is 0 Å². The van der Waals surface area contributed by atoms with E-state index in [1.165, 1.54) is 0 Å². The number of hydrogen-bond donors (Lipinski definition) is 6. The minimum atomic E-state index is -0.306. The fourth-order valence-corrected chi connectivity index (χ4v) is 5.30. The highest BCUT2D eigenvalue weighted by Crippen LogP contribution is 2.30. The standard InChI is InChI=1S/C36H38N10O2/c1-23-26(4)46(40-20-30(23)32-22-38-36(44-32)25(3)42-34(48)18-28-13-9-6-10-14-28)45-16-15-29(19-39-45)31-21-37-35(43-31)24(2)41-33(47)17-27-11-7-5-8-12-27/h5-22,24-25,39-40H,1-4H3,(H,37,43)(H,38,44)(H,41,47)(H,42,48)/t24?,25-/m0/s1. The van der Waals surface area contributed by atoms with Crippen molar-refractivity contribution in [2.24, 2.45) is 0 Å². The van der Waals surface area contributed by atoms with Gasteiger partial charge in [0.15, 0.2) is 0 Å². The average Bonchev–Trinajstić information content (AvgIpc) is 3.78. The van der Waals surface area contributed by atoms with Gasteiger partial charge >= 0.3 is 0 Å². The number of allylic oxidation sites excluding steroid dienone is 5. The van der Waals surface area contributed by atoms with Gasteiger partial charge in [-0.05, 0) is 50.5 Å². The van der Waals surface area contributed by atoms with Crippen molar-refractivity contribution in [2.75, 3.05) is 0 Å². The molecule has 12 heteroatoms. The first-order valence-electron chi connectivity index (χ1n) is 15.6. The van der Waals surface area contributed by atoms with Gasteiger partial charge < -0.3 is 20.6 Å². The smallest absolute Gasteiger partial charge is 0.229 e. The number of hydrazine groups is 3. The van der Waals surface area contributed by atoms with Gasteiger partial charge in [-0.15, -0.1) is 0 Å². The summed E-state index contributed by atoms with van der Waals surface area (Å²) in [5, 5.41) is 9.65. The molecule has 0 spiro atoms. The molecule has 1 unspecified atom stereocenters. The Morgan fingerprint density at radius 3 is 1.83 bits per heavy atom. The Balaban J connectivity index is 1.03. The fraction of sp³-hybridized carbons (Fsp3) is 0.167. The van der Waals surface area contributed by atoms with Crippen molar-refractivity contribution in [2.45, 2.75) is 39.8 Å². The van der Waals surface area contributed by atoms with Crippen LogP contribution < -0.4 is 21.5 Å². The highest BCUT2D eigenvalue weighted by atomic mass is 16.2. The largest absolute Gasteiger partial charge is 0.346 e. The van der Waals surface area contributed by atoms with Crippen LogP contribution in [0.3, 0.4) is 0 Å². The van der Waals surface area contributed by atoms with E-state index in [2.05, 4.69) is 41.4 Å². The summed E-state index contributed by atoms with van der Waals surface area (Å²) in [5.41, 5.74) is 13.8. The second-order valence-electron chi connectivity index (χ2n) is 11.5. The number of nitrogens with one attached hydrogen (secondary N) is 6. The summed E-state index contributed by atoms with van der Waals surface area (Å²) in [6, 6.07) is 18.3. The number of hydrogen-bond acceptors (Lipinski definition) is 8. The van der Waals surface area contributed by atoms with Gasteiger partial charge in [0.1, 0.15) is 11.6 Å². The van der Waals surface area contributed by atoms with E-state index in [9.17, 15) is 9.59 Å². The van der Waals surface area contributed by atoms with Gasteiger partial charge in [0, 0.05) is 29.7 Å². The molecule has 0 bridgehead atoms. The van der Waals surface area contributed by atoms with Crippen molar-refractivity contribution in [1.82, 2.24) is 51.7 Å². The molecule has 0 saturated carbocycles. The van der Waals surface area contributed by atoms with E-state index in [0.717, 1.165) is 44.9 Å². The Bertz CT molecular complexity index is 1890. The highest BCUT2D eigenvalue weighted by Gasteiger charge is 2.24. The molecule has 2 amide bonds. The van der Waals surface area contributed by atoms with E-state index in [-0.39, 0.29) is 23.9 Å². The van der Waals surface area contributed by atoms with Gasteiger partial charge in [-0.3, -0.25) is 20.4 Å². The van der Waals surface area contributed by atoms with Gasteiger partial charge in [0.05, 0.1) is 54.4 Å². The summed E-state index contributed by atoms with van der Waals surface area (Å²) < 4.78 is 0. The van der Waals surface area contributed by atoms with E-state index in [4.69, 9.17) is 0 Å². The molecule has 6 N–H and O–H groups in total. The van der Waals surface area contributed by atoms with Crippen LogP contribution in [0.2, 0.25) is 0 Å². The Kier molecular flexibility index (Phi) is 9.42. The van der Waals surface area contributed by atoms with Gasteiger partial charge in [-0.2, -0.15) is 10.2 Å². The molecule has 2 radical (unpaired) electrons. The first-order valence-corrected chi connectivity index (χ1v) is 15.6. The quantitative estimate of drug-likeness (QED) is 0.138. The summed E-state index contributed by atoms with van der Waals surface area (Å²) in [6.07, 6.45) is 14.3. The number of carbonyl (C=O) groups excluding carboxylic acids is 2. The van der Waals surface area contributed by atoms with Crippen LogP contribution in [0.4, 0.5) is 0 Å². The number of aromatic amines is 2. The van der Waals surface area contributed by atoms with Crippen LogP contribution in [0.25, 0.3) is 11.1 Å². The summed E-state index contributed by atoms with van der Waals surface area (Å²) in [5.74, 6) is 0.952. The molecule has 2 aliphatic heterocycles. The van der Waals surface area contributed by atoms with Crippen LogP contribution in [0, 0.1) is 12.8 Å². The third-order valence-electron chi connectivity index (χ3n) is 8.08. The molecule has 4 heterocycles. The second-order valence-corrected chi connectivity index (χ2v) is 11.5. The number of imidazole rings is 2. The summed E-state index contributed by atoms with van der Waals surface area (Å²) >= 11 is 0. The number of carbonyl (C=O) groups is 2. The number of rotatable bonds is 11. The molecule has 4 aromatic rings. The molecule has 2 atom stereocenters. The SMILES string of the molecule is CC1=C(C)N(N2C=CC(c3cnc(C(C)NC(=O)[CH]c4ccccc4)[nH]3)=CN2)NC=C1c1cnc([C@H](C)NC(=O)[CH]c2ccccc2)[nH]1. The van der Waals surface area contributed by atoms with Gasteiger partial charge in [-0.25, -0.2) is 9.97 Å². The maximum atomic E-state index is 12.5. The maximum absolute atomic E-state index is 12.5. The Hall–Kier alpha value is -6.04. The first kappa shape index (κ1) is 31.9. The number of H-pyrrole nitrogens is 2.